The van der Waals surface area contributed by atoms with Gasteiger partial charge in [0, 0.05) is 6.42 Å². The predicted octanol–water partition coefficient (Wildman–Crippen LogP) is 0.989. The van der Waals surface area contributed by atoms with Crippen LogP contribution in [0.3, 0.4) is 0 Å². The summed E-state index contributed by atoms with van der Waals surface area (Å²) in [6.07, 6.45) is 7.89. The van der Waals surface area contributed by atoms with Crippen molar-refractivity contribution in [2.75, 3.05) is 6.54 Å². The van der Waals surface area contributed by atoms with Crippen molar-refractivity contribution in [2.24, 2.45) is 5.92 Å². The normalized spacial score (nSPS) is 21.9. The number of alkyl carbamates (subject to hydrolysis) is 1. The van der Waals surface area contributed by atoms with Gasteiger partial charge in [-0.25, -0.2) is 4.79 Å². The smallest absolute Gasteiger partial charge is 0.407 e. The molecule has 0 aromatic rings. The van der Waals surface area contributed by atoms with E-state index in [1.165, 1.54) is 0 Å². The minimum atomic E-state index is -1.08. The molecule has 1 rings (SSSR count). The third kappa shape index (κ3) is 4.69. The summed E-state index contributed by atoms with van der Waals surface area (Å²) in [7, 11) is 0. The monoisotopic (exact) mass is 225 g/mol. The Labute approximate surface area is 94.2 Å². The Morgan fingerprint density at radius 1 is 1.56 bits per heavy atom. The van der Waals surface area contributed by atoms with Gasteiger partial charge in [-0.1, -0.05) is 0 Å². The number of carboxylic acids is 1. The average molecular weight is 225 g/mol. The maximum Gasteiger partial charge on any atom is 0.407 e. The molecule has 0 aliphatic heterocycles. The van der Waals surface area contributed by atoms with E-state index in [4.69, 9.17) is 16.3 Å². The lowest BCUT2D eigenvalue weighted by molar-refractivity contribution is -0.135. The van der Waals surface area contributed by atoms with Gasteiger partial charge in [0.1, 0.15) is 12.6 Å². The summed E-state index contributed by atoms with van der Waals surface area (Å²) < 4.78 is 4.99. The minimum absolute atomic E-state index is 0.0634. The van der Waals surface area contributed by atoms with Crippen molar-refractivity contribution in [1.82, 2.24) is 5.32 Å². The molecule has 1 aliphatic rings. The Bertz CT molecular complexity index is 308. The Kier molecular flexibility index (Phi) is 4.65. The van der Waals surface area contributed by atoms with Gasteiger partial charge in [0.2, 0.25) is 0 Å². The second-order valence-corrected chi connectivity index (χ2v) is 3.78. The van der Waals surface area contributed by atoms with Crippen LogP contribution in [0, 0.1) is 18.3 Å². The number of carbonyl (C=O) groups excluding carboxylic acids is 1. The average Bonchev–Trinajstić information content (AvgIpc) is 2.94. The zero-order chi connectivity index (χ0) is 12.0. The number of hydrogen-bond donors (Lipinski definition) is 2. The predicted molar refractivity (Wildman–Crippen MR) is 56.7 cm³/mol. The third-order valence-corrected chi connectivity index (χ3v) is 2.40. The third-order valence-electron chi connectivity index (χ3n) is 2.40. The maximum absolute atomic E-state index is 11.0. The number of carboxylic acid groups (broad SMARTS) is 1. The number of terminal acetylenes is 1. The van der Waals surface area contributed by atoms with E-state index in [2.05, 4.69) is 11.2 Å². The fourth-order valence-corrected chi connectivity index (χ4v) is 1.46. The highest BCUT2D eigenvalue weighted by molar-refractivity contribution is 5.76. The summed E-state index contributed by atoms with van der Waals surface area (Å²) in [4.78, 5) is 21.2. The van der Waals surface area contributed by atoms with Crippen LogP contribution in [-0.2, 0) is 9.53 Å². The van der Waals surface area contributed by atoms with Gasteiger partial charge in [0.15, 0.2) is 0 Å². The molecular formula is C11H15NO4. The number of hydrogen-bond acceptors (Lipinski definition) is 3. The number of rotatable bonds is 6. The number of ether oxygens (including phenoxy) is 1. The quantitative estimate of drug-likeness (QED) is 0.522. The lowest BCUT2D eigenvalue weighted by Gasteiger charge is -2.04. The molecule has 2 N–H and O–H groups in total. The van der Waals surface area contributed by atoms with Crippen LogP contribution in [0.25, 0.3) is 0 Å². The number of aliphatic carboxylic acids is 1. The van der Waals surface area contributed by atoms with Crippen LogP contribution in [0.2, 0.25) is 0 Å². The van der Waals surface area contributed by atoms with E-state index >= 15 is 0 Å². The first-order valence-corrected chi connectivity index (χ1v) is 5.23. The largest absolute Gasteiger partial charge is 0.480 e. The molecular weight excluding hydrogens is 210 g/mol. The molecule has 0 saturated heterocycles. The fourth-order valence-electron chi connectivity index (χ4n) is 1.46. The molecule has 5 nitrogen and oxygen atoms in total. The van der Waals surface area contributed by atoms with Crippen molar-refractivity contribution >= 4 is 12.1 Å². The van der Waals surface area contributed by atoms with Crippen LogP contribution in [0.1, 0.15) is 25.7 Å². The minimum Gasteiger partial charge on any atom is -0.480 e. The van der Waals surface area contributed by atoms with Crippen LogP contribution in [0.4, 0.5) is 4.79 Å². The molecule has 0 radical (unpaired) electrons. The molecule has 1 fully saturated rings. The molecule has 0 spiro atoms. The highest BCUT2D eigenvalue weighted by Crippen LogP contribution is 2.37. The van der Waals surface area contributed by atoms with E-state index in [1.807, 2.05) is 0 Å². The van der Waals surface area contributed by atoms with Crippen LogP contribution in [0.5, 0.6) is 0 Å². The van der Waals surface area contributed by atoms with Crippen LogP contribution in [-0.4, -0.2) is 29.8 Å². The molecule has 88 valence electrons. The standard InChI is InChI=1S/C11H15NO4/c1-2-3-4-5-8-6-9(8)16-11(15)12-7-10(13)14/h1,8-9H,3-7H2,(H,12,15)(H,13,14)/t8-,9-/m1/s1. The highest BCUT2D eigenvalue weighted by Gasteiger charge is 2.39. The lowest BCUT2D eigenvalue weighted by Crippen LogP contribution is -2.30. The van der Waals surface area contributed by atoms with E-state index in [-0.39, 0.29) is 6.10 Å². The van der Waals surface area contributed by atoms with Gasteiger partial charge in [0.25, 0.3) is 0 Å². The maximum atomic E-state index is 11.0. The van der Waals surface area contributed by atoms with Gasteiger partial charge in [-0.15, -0.1) is 12.3 Å². The fraction of sp³-hybridized carbons (Fsp3) is 0.636. The summed E-state index contributed by atoms with van der Waals surface area (Å²) in [6, 6.07) is 0. The first-order valence-electron chi connectivity index (χ1n) is 5.23. The van der Waals surface area contributed by atoms with E-state index in [0.717, 1.165) is 25.7 Å². The summed E-state index contributed by atoms with van der Waals surface area (Å²) in [5.74, 6) is 1.86. The molecule has 5 heteroatoms. The molecule has 0 aromatic carbocycles. The van der Waals surface area contributed by atoms with Crippen molar-refractivity contribution in [3.05, 3.63) is 0 Å². The van der Waals surface area contributed by atoms with Crippen LogP contribution in [0.15, 0.2) is 0 Å². The summed E-state index contributed by atoms with van der Waals surface area (Å²) in [6.45, 7) is -0.409. The van der Waals surface area contributed by atoms with Gasteiger partial charge in [-0.2, -0.15) is 0 Å². The molecule has 0 aromatic heterocycles. The highest BCUT2D eigenvalue weighted by atomic mass is 16.6. The van der Waals surface area contributed by atoms with E-state index in [1.54, 1.807) is 0 Å². The van der Waals surface area contributed by atoms with Crippen molar-refractivity contribution in [3.63, 3.8) is 0 Å². The Morgan fingerprint density at radius 3 is 2.94 bits per heavy atom. The Hall–Kier alpha value is -1.70. The van der Waals surface area contributed by atoms with E-state index < -0.39 is 18.6 Å². The zero-order valence-corrected chi connectivity index (χ0v) is 8.94. The van der Waals surface area contributed by atoms with Gasteiger partial charge in [0.05, 0.1) is 0 Å². The molecule has 2 atom stereocenters. The van der Waals surface area contributed by atoms with Crippen molar-refractivity contribution < 1.29 is 19.4 Å². The van der Waals surface area contributed by atoms with Gasteiger partial charge < -0.3 is 15.2 Å². The van der Waals surface area contributed by atoms with E-state index in [0.29, 0.717) is 5.92 Å². The van der Waals surface area contributed by atoms with Gasteiger partial charge >= 0.3 is 12.1 Å². The van der Waals surface area contributed by atoms with Crippen LogP contribution < -0.4 is 5.32 Å². The molecule has 1 aliphatic carbocycles. The number of carbonyl (C=O) groups is 2. The molecule has 1 amide bonds. The topological polar surface area (TPSA) is 75.6 Å². The second-order valence-electron chi connectivity index (χ2n) is 3.78. The molecule has 0 unspecified atom stereocenters. The van der Waals surface area contributed by atoms with Crippen molar-refractivity contribution in [3.8, 4) is 12.3 Å². The lowest BCUT2D eigenvalue weighted by atomic mass is 10.2. The number of amides is 1. The Balaban J connectivity index is 2.05. The first-order chi connectivity index (χ1) is 7.63. The van der Waals surface area contributed by atoms with Gasteiger partial charge in [-0.05, 0) is 25.2 Å². The summed E-state index contributed by atoms with van der Waals surface area (Å²) >= 11 is 0. The molecule has 0 heterocycles. The summed E-state index contributed by atoms with van der Waals surface area (Å²) in [5.41, 5.74) is 0. The molecule has 16 heavy (non-hydrogen) atoms. The zero-order valence-electron chi connectivity index (χ0n) is 8.94. The Morgan fingerprint density at radius 2 is 2.31 bits per heavy atom. The van der Waals surface area contributed by atoms with Crippen molar-refractivity contribution in [2.45, 2.75) is 31.8 Å². The van der Waals surface area contributed by atoms with Crippen molar-refractivity contribution in [1.29, 1.82) is 0 Å². The van der Waals surface area contributed by atoms with E-state index in [9.17, 15) is 9.59 Å². The molecule has 0 bridgehead atoms. The van der Waals surface area contributed by atoms with Crippen LogP contribution >= 0.6 is 0 Å². The molecule has 1 saturated carbocycles. The SMILES string of the molecule is C#CCCC[C@@H]1C[C@H]1OC(=O)NCC(=O)O. The summed E-state index contributed by atoms with van der Waals surface area (Å²) in [5, 5.41) is 10.5. The first kappa shape index (κ1) is 12.4. The second kappa shape index (κ2) is 6.01. The number of nitrogens with one attached hydrogen (secondary N) is 1. The van der Waals surface area contributed by atoms with Gasteiger partial charge in [-0.3, -0.25) is 4.79 Å². The number of unbranched alkanes of at least 4 members (excludes halogenated alkanes) is 1.